The van der Waals surface area contributed by atoms with Gasteiger partial charge in [-0.15, -0.1) is 0 Å². The van der Waals surface area contributed by atoms with Crippen LogP contribution >= 0.6 is 0 Å². The summed E-state index contributed by atoms with van der Waals surface area (Å²) in [7, 11) is 0. The molecule has 2 aromatic heterocycles. The van der Waals surface area contributed by atoms with Gasteiger partial charge in [-0.2, -0.15) is 4.98 Å². The van der Waals surface area contributed by atoms with Gasteiger partial charge in [-0.05, 0) is 44.2 Å². The summed E-state index contributed by atoms with van der Waals surface area (Å²) in [6.07, 6.45) is 5.76. The molecule has 1 unspecified atom stereocenters. The van der Waals surface area contributed by atoms with Crippen molar-refractivity contribution in [3.63, 3.8) is 0 Å². The lowest BCUT2D eigenvalue weighted by molar-refractivity contribution is 0.273. The molecule has 0 aromatic carbocycles. The van der Waals surface area contributed by atoms with E-state index in [1.807, 2.05) is 19.9 Å². The third kappa shape index (κ3) is 1.80. The monoisotopic (exact) mass is 244 g/mol. The van der Waals surface area contributed by atoms with Crippen LogP contribution in [-0.4, -0.2) is 15.1 Å². The molecule has 0 bridgehead atoms. The Balaban J connectivity index is 1.97. The average molecular weight is 244 g/mol. The van der Waals surface area contributed by atoms with Crippen LogP contribution in [0.1, 0.15) is 31.2 Å². The summed E-state index contributed by atoms with van der Waals surface area (Å²) in [5.74, 6) is 1.54. The smallest absolute Gasteiger partial charge is 0.247 e. The molecular weight excluding hydrogens is 228 g/mol. The highest BCUT2D eigenvalue weighted by atomic mass is 16.5. The van der Waals surface area contributed by atoms with Crippen LogP contribution in [0.5, 0.6) is 0 Å². The van der Waals surface area contributed by atoms with Crippen molar-refractivity contribution >= 4 is 0 Å². The first-order chi connectivity index (χ1) is 8.59. The van der Waals surface area contributed by atoms with E-state index in [4.69, 9.17) is 10.3 Å². The summed E-state index contributed by atoms with van der Waals surface area (Å²) in [5.41, 5.74) is 7.71. The first-order valence-corrected chi connectivity index (χ1v) is 6.13. The van der Waals surface area contributed by atoms with Crippen molar-refractivity contribution in [3.8, 4) is 11.4 Å². The van der Waals surface area contributed by atoms with Crippen LogP contribution in [0.2, 0.25) is 0 Å². The standard InChI is InChI=1S/C13H16N4O/c1-8-5-6-15-7-10(8)11-16-12(18-17-11)13(2,14)9-3-4-9/h5-7,9H,3-4,14H2,1-2H3. The minimum absolute atomic E-state index is 0.459. The Morgan fingerprint density at radius 2 is 2.22 bits per heavy atom. The summed E-state index contributed by atoms with van der Waals surface area (Å²) >= 11 is 0. The lowest BCUT2D eigenvalue weighted by atomic mass is 9.97. The maximum absolute atomic E-state index is 6.26. The van der Waals surface area contributed by atoms with Gasteiger partial charge in [0, 0.05) is 18.0 Å². The molecule has 5 heteroatoms. The van der Waals surface area contributed by atoms with Gasteiger partial charge >= 0.3 is 0 Å². The van der Waals surface area contributed by atoms with Gasteiger partial charge in [-0.3, -0.25) is 4.98 Å². The van der Waals surface area contributed by atoms with E-state index in [1.165, 1.54) is 0 Å². The molecule has 0 spiro atoms. The molecule has 1 fully saturated rings. The van der Waals surface area contributed by atoms with E-state index in [0.29, 0.717) is 17.6 Å². The number of rotatable bonds is 3. The van der Waals surface area contributed by atoms with Gasteiger partial charge in [0.2, 0.25) is 11.7 Å². The number of nitrogens with two attached hydrogens (primary N) is 1. The molecule has 0 radical (unpaired) electrons. The molecule has 18 heavy (non-hydrogen) atoms. The number of hydrogen-bond acceptors (Lipinski definition) is 5. The lowest BCUT2D eigenvalue weighted by Gasteiger charge is -2.18. The minimum Gasteiger partial charge on any atom is -0.337 e. The van der Waals surface area contributed by atoms with Gasteiger partial charge in [0.05, 0.1) is 5.54 Å². The molecule has 2 heterocycles. The van der Waals surface area contributed by atoms with Gasteiger partial charge in [-0.25, -0.2) is 0 Å². The SMILES string of the molecule is Cc1ccncc1-c1noc(C(C)(N)C2CC2)n1. The van der Waals surface area contributed by atoms with E-state index in [2.05, 4.69) is 15.1 Å². The topological polar surface area (TPSA) is 77.8 Å². The summed E-state index contributed by atoms with van der Waals surface area (Å²) in [5, 5.41) is 4.02. The highest BCUT2D eigenvalue weighted by Crippen LogP contribution is 2.43. The number of hydrogen-bond donors (Lipinski definition) is 1. The third-order valence-corrected chi connectivity index (χ3v) is 3.59. The van der Waals surface area contributed by atoms with Gasteiger partial charge in [0.15, 0.2) is 0 Å². The second kappa shape index (κ2) is 3.88. The number of aromatic nitrogens is 3. The molecule has 1 atom stereocenters. The Morgan fingerprint density at radius 3 is 2.89 bits per heavy atom. The number of aryl methyl sites for hydroxylation is 1. The van der Waals surface area contributed by atoms with E-state index < -0.39 is 5.54 Å². The fourth-order valence-electron chi connectivity index (χ4n) is 2.11. The summed E-state index contributed by atoms with van der Waals surface area (Å²) in [4.78, 5) is 8.52. The maximum Gasteiger partial charge on any atom is 0.247 e. The summed E-state index contributed by atoms with van der Waals surface area (Å²) < 4.78 is 5.33. The van der Waals surface area contributed by atoms with Crippen molar-refractivity contribution in [2.75, 3.05) is 0 Å². The molecule has 1 saturated carbocycles. The summed E-state index contributed by atoms with van der Waals surface area (Å²) in [6, 6.07) is 1.92. The Kier molecular flexibility index (Phi) is 2.45. The molecule has 0 amide bonds. The van der Waals surface area contributed by atoms with E-state index >= 15 is 0 Å². The van der Waals surface area contributed by atoms with E-state index in [1.54, 1.807) is 12.4 Å². The van der Waals surface area contributed by atoms with Crippen LogP contribution in [0.3, 0.4) is 0 Å². The third-order valence-electron chi connectivity index (χ3n) is 3.59. The predicted molar refractivity (Wildman–Crippen MR) is 66.5 cm³/mol. The van der Waals surface area contributed by atoms with Crippen LogP contribution in [0, 0.1) is 12.8 Å². The zero-order valence-corrected chi connectivity index (χ0v) is 10.6. The Morgan fingerprint density at radius 1 is 1.44 bits per heavy atom. The highest BCUT2D eigenvalue weighted by molar-refractivity contribution is 5.57. The van der Waals surface area contributed by atoms with Gasteiger partial charge in [0.1, 0.15) is 0 Å². The molecule has 0 aliphatic heterocycles. The number of pyridine rings is 1. The second-order valence-electron chi connectivity index (χ2n) is 5.17. The van der Waals surface area contributed by atoms with Crippen LogP contribution in [0.15, 0.2) is 23.0 Å². The molecule has 0 saturated heterocycles. The molecule has 1 aliphatic rings. The first kappa shape index (κ1) is 11.3. The molecule has 2 aromatic rings. The zero-order valence-electron chi connectivity index (χ0n) is 10.6. The summed E-state index contributed by atoms with van der Waals surface area (Å²) in [6.45, 7) is 3.95. The molecular formula is C13H16N4O. The Bertz CT molecular complexity index is 572. The van der Waals surface area contributed by atoms with Gasteiger partial charge in [0.25, 0.3) is 0 Å². The number of nitrogens with zero attached hydrogens (tertiary/aromatic N) is 3. The zero-order chi connectivity index (χ0) is 12.8. The van der Waals surface area contributed by atoms with Crippen LogP contribution in [-0.2, 0) is 5.54 Å². The van der Waals surface area contributed by atoms with Crippen molar-refractivity contribution in [2.45, 2.75) is 32.2 Å². The van der Waals surface area contributed by atoms with Crippen molar-refractivity contribution in [3.05, 3.63) is 29.9 Å². The van der Waals surface area contributed by atoms with Gasteiger partial charge in [-0.1, -0.05) is 5.16 Å². The molecule has 2 N–H and O–H groups in total. The van der Waals surface area contributed by atoms with Gasteiger partial charge < -0.3 is 10.3 Å². The van der Waals surface area contributed by atoms with Crippen molar-refractivity contribution < 1.29 is 4.52 Å². The molecule has 1 aliphatic carbocycles. The van der Waals surface area contributed by atoms with E-state index in [0.717, 1.165) is 24.0 Å². The maximum atomic E-state index is 6.26. The van der Waals surface area contributed by atoms with Crippen LogP contribution in [0.25, 0.3) is 11.4 Å². The van der Waals surface area contributed by atoms with Crippen molar-refractivity contribution in [2.24, 2.45) is 11.7 Å². The fourth-order valence-corrected chi connectivity index (χ4v) is 2.11. The average Bonchev–Trinajstić information content (AvgIpc) is 3.09. The lowest BCUT2D eigenvalue weighted by Crippen LogP contribution is -2.35. The first-order valence-electron chi connectivity index (χ1n) is 6.13. The fraction of sp³-hybridized carbons (Fsp3) is 0.462. The highest BCUT2D eigenvalue weighted by Gasteiger charge is 2.43. The Hall–Kier alpha value is -1.75. The Labute approximate surface area is 105 Å². The van der Waals surface area contributed by atoms with Crippen molar-refractivity contribution in [1.82, 2.24) is 15.1 Å². The quantitative estimate of drug-likeness (QED) is 0.893. The minimum atomic E-state index is -0.513. The molecule has 5 nitrogen and oxygen atoms in total. The van der Waals surface area contributed by atoms with Crippen LogP contribution < -0.4 is 5.73 Å². The molecule has 94 valence electrons. The van der Waals surface area contributed by atoms with E-state index in [-0.39, 0.29) is 0 Å². The predicted octanol–water partition coefficient (Wildman–Crippen LogP) is 2.02. The van der Waals surface area contributed by atoms with Crippen LogP contribution in [0.4, 0.5) is 0 Å². The normalized spacial score (nSPS) is 18.6. The van der Waals surface area contributed by atoms with E-state index in [9.17, 15) is 0 Å². The second-order valence-corrected chi connectivity index (χ2v) is 5.17. The van der Waals surface area contributed by atoms with Crippen molar-refractivity contribution in [1.29, 1.82) is 0 Å². The molecule has 3 rings (SSSR count). The largest absolute Gasteiger partial charge is 0.337 e.